The summed E-state index contributed by atoms with van der Waals surface area (Å²) < 4.78 is 0. The molecule has 0 amide bonds. The quantitative estimate of drug-likeness (QED) is 0.682. The molecule has 2 nitrogen and oxygen atoms in total. The molecule has 0 aromatic rings. The maximum absolute atomic E-state index is 5.50. The van der Waals surface area contributed by atoms with Gasteiger partial charge in [0, 0.05) is 6.04 Å². The molecule has 1 aliphatic rings. The van der Waals surface area contributed by atoms with Crippen molar-refractivity contribution in [1.82, 2.24) is 10.2 Å². The topological polar surface area (TPSA) is 15.3 Å². The van der Waals surface area contributed by atoms with Crippen LogP contribution in [0.15, 0.2) is 0 Å². The van der Waals surface area contributed by atoms with Gasteiger partial charge < -0.3 is 5.32 Å². The highest BCUT2D eigenvalue weighted by molar-refractivity contribution is 4.99. The van der Waals surface area contributed by atoms with E-state index in [4.69, 9.17) is 6.42 Å². The van der Waals surface area contributed by atoms with Gasteiger partial charge in [-0.3, -0.25) is 4.90 Å². The van der Waals surface area contributed by atoms with E-state index in [1.807, 2.05) is 0 Å². The van der Waals surface area contributed by atoms with E-state index in [0.29, 0.717) is 6.04 Å². The van der Waals surface area contributed by atoms with Gasteiger partial charge in [0.1, 0.15) is 0 Å². The molecule has 0 bridgehead atoms. The summed E-state index contributed by atoms with van der Waals surface area (Å²) in [5.74, 6) is 2.85. The Morgan fingerprint density at radius 2 is 2.14 bits per heavy atom. The predicted molar refractivity (Wildman–Crippen MR) is 61.2 cm³/mol. The molecule has 1 fully saturated rings. The largest absolute Gasteiger partial charge is 0.317 e. The number of hydrogen-bond donors (Lipinski definition) is 1. The first-order valence-corrected chi connectivity index (χ1v) is 5.72. The van der Waals surface area contributed by atoms with E-state index < -0.39 is 0 Å². The van der Waals surface area contributed by atoms with Gasteiger partial charge in [0.2, 0.25) is 0 Å². The summed E-state index contributed by atoms with van der Waals surface area (Å²) in [5, 5.41) is 3.39. The number of terminal acetylenes is 1. The van der Waals surface area contributed by atoms with Gasteiger partial charge in [-0.05, 0) is 45.8 Å². The molecular formula is C12H22N2. The number of piperidine rings is 1. The number of nitrogens with one attached hydrogen (secondary N) is 1. The second kappa shape index (κ2) is 6.06. The van der Waals surface area contributed by atoms with E-state index in [9.17, 15) is 0 Å². The summed E-state index contributed by atoms with van der Waals surface area (Å²) in [6, 6.07) is 0.986. The van der Waals surface area contributed by atoms with Gasteiger partial charge in [0.15, 0.2) is 0 Å². The molecule has 1 N–H and O–H groups in total. The fourth-order valence-electron chi connectivity index (χ4n) is 2.18. The van der Waals surface area contributed by atoms with Gasteiger partial charge in [-0.25, -0.2) is 0 Å². The molecule has 1 atom stereocenters. The first-order chi connectivity index (χ1) is 6.79. The molecule has 14 heavy (non-hydrogen) atoms. The second-order valence-corrected chi connectivity index (χ2v) is 4.06. The molecule has 0 spiro atoms. The lowest BCUT2D eigenvalue weighted by atomic mass is 10.0. The third-order valence-electron chi connectivity index (χ3n) is 3.00. The van der Waals surface area contributed by atoms with Crippen LogP contribution in [0.1, 0.15) is 33.1 Å². The molecule has 2 heteroatoms. The molecule has 0 aromatic heterocycles. The lowest BCUT2D eigenvalue weighted by Gasteiger charge is -2.36. The molecule has 1 saturated heterocycles. The Kier molecular flexibility index (Phi) is 5.00. The van der Waals surface area contributed by atoms with Crippen molar-refractivity contribution in [3.63, 3.8) is 0 Å². The second-order valence-electron chi connectivity index (χ2n) is 4.06. The molecule has 1 rings (SSSR count). The highest BCUT2D eigenvalue weighted by Crippen LogP contribution is 2.15. The standard InChI is InChI=1S/C12H22N2/c1-4-10-14(11(3)5-2)12-6-8-13-9-7-12/h2,11-13H,4,6-10H2,1,3H3. The molecule has 1 unspecified atom stereocenters. The zero-order chi connectivity index (χ0) is 10.4. The van der Waals surface area contributed by atoms with E-state index in [1.54, 1.807) is 0 Å². The van der Waals surface area contributed by atoms with Gasteiger partial charge in [-0.1, -0.05) is 12.8 Å². The van der Waals surface area contributed by atoms with Crippen LogP contribution in [0.25, 0.3) is 0 Å². The van der Waals surface area contributed by atoms with E-state index in [1.165, 1.54) is 19.3 Å². The molecule has 0 saturated carbocycles. The van der Waals surface area contributed by atoms with Crippen LogP contribution in [0.4, 0.5) is 0 Å². The number of nitrogens with zero attached hydrogens (tertiary/aromatic N) is 1. The Morgan fingerprint density at radius 3 is 2.64 bits per heavy atom. The van der Waals surface area contributed by atoms with Crippen LogP contribution in [-0.4, -0.2) is 36.6 Å². The number of hydrogen-bond acceptors (Lipinski definition) is 2. The van der Waals surface area contributed by atoms with Crippen molar-refractivity contribution in [3.8, 4) is 12.3 Å². The highest BCUT2D eigenvalue weighted by atomic mass is 15.2. The van der Waals surface area contributed by atoms with E-state index >= 15 is 0 Å². The molecule has 0 aromatic carbocycles. The fraction of sp³-hybridized carbons (Fsp3) is 0.833. The van der Waals surface area contributed by atoms with E-state index in [0.717, 1.165) is 19.6 Å². The highest BCUT2D eigenvalue weighted by Gasteiger charge is 2.23. The first-order valence-electron chi connectivity index (χ1n) is 5.72. The maximum Gasteiger partial charge on any atom is 0.0685 e. The Balaban J connectivity index is 2.51. The van der Waals surface area contributed by atoms with Crippen LogP contribution >= 0.6 is 0 Å². The SMILES string of the molecule is C#CC(C)N(CCC)C1CCNCC1. The Bertz CT molecular complexity index is 189. The number of rotatable bonds is 4. The van der Waals surface area contributed by atoms with E-state index in [2.05, 4.69) is 30.0 Å². The van der Waals surface area contributed by atoms with Gasteiger partial charge in [-0.2, -0.15) is 0 Å². The Labute approximate surface area is 88.1 Å². The first kappa shape index (κ1) is 11.6. The van der Waals surface area contributed by atoms with Crippen LogP contribution in [0, 0.1) is 12.3 Å². The molecule has 80 valence electrons. The lowest BCUT2D eigenvalue weighted by Crippen LogP contribution is -2.47. The van der Waals surface area contributed by atoms with Crippen molar-refractivity contribution in [3.05, 3.63) is 0 Å². The van der Waals surface area contributed by atoms with Gasteiger partial charge in [-0.15, -0.1) is 6.42 Å². The lowest BCUT2D eigenvalue weighted by molar-refractivity contribution is 0.143. The van der Waals surface area contributed by atoms with E-state index in [-0.39, 0.29) is 6.04 Å². The van der Waals surface area contributed by atoms with Crippen molar-refractivity contribution in [2.24, 2.45) is 0 Å². The molecule has 0 aliphatic carbocycles. The van der Waals surface area contributed by atoms with Crippen molar-refractivity contribution in [2.75, 3.05) is 19.6 Å². The average Bonchev–Trinajstić information content (AvgIpc) is 2.26. The molecule has 0 radical (unpaired) electrons. The predicted octanol–water partition coefficient (Wildman–Crippen LogP) is 1.47. The smallest absolute Gasteiger partial charge is 0.0685 e. The van der Waals surface area contributed by atoms with Gasteiger partial charge >= 0.3 is 0 Å². The summed E-state index contributed by atoms with van der Waals surface area (Å²) in [6.07, 6.45) is 9.18. The Morgan fingerprint density at radius 1 is 1.50 bits per heavy atom. The minimum atomic E-state index is 0.290. The fourth-order valence-corrected chi connectivity index (χ4v) is 2.18. The normalized spacial score (nSPS) is 20.7. The molecular weight excluding hydrogens is 172 g/mol. The summed E-state index contributed by atoms with van der Waals surface area (Å²) in [7, 11) is 0. The van der Waals surface area contributed by atoms with Crippen LogP contribution in [0.2, 0.25) is 0 Å². The monoisotopic (exact) mass is 194 g/mol. The van der Waals surface area contributed by atoms with Gasteiger partial charge in [0.25, 0.3) is 0 Å². The van der Waals surface area contributed by atoms with Crippen molar-refractivity contribution >= 4 is 0 Å². The third kappa shape index (κ3) is 3.01. The maximum atomic E-state index is 5.50. The van der Waals surface area contributed by atoms with Gasteiger partial charge in [0.05, 0.1) is 6.04 Å². The average molecular weight is 194 g/mol. The van der Waals surface area contributed by atoms with Crippen LogP contribution in [0.3, 0.4) is 0 Å². The van der Waals surface area contributed by atoms with Crippen molar-refractivity contribution < 1.29 is 0 Å². The summed E-state index contributed by atoms with van der Waals surface area (Å²) in [4.78, 5) is 2.49. The summed E-state index contributed by atoms with van der Waals surface area (Å²) >= 11 is 0. The minimum absolute atomic E-state index is 0.290. The zero-order valence-corrected chi connectivity index (χ0v) is 9.42. The molecule has 1 heterocycles. The van der Waals surface area contributed by atoms with Crippen LogP contribution < -0.4 is 5.32 Å². The van der Waals surface area contributed by atoms with Crippen molar-refractivity contribution in [1.29, 1.82) is 0 Å². The summed E-state index contributed by atoms with van der Waals surface area (Å²) in [6.45, 7) is 7.77. The summed E-state index contributed by atoms with van der Waals surface area (Å²) in [5.41, 5.74) is 0. The zero-order valence-electron chi connectivity index (χ0n) is 9.42. The third-order valence-corrected chi connectivity index (χ3v) is 3.00. The van der Waals surface area contributed by atoms with Crippen LogP contribution in [-0.2, 0) is 0 Å². The minimum Gasteiger partial charge on any atom is -0.317 e. The Hall–Kier alpha value is -0.520. The van der Waals surface area contributed by atoms with Crippen molar-refractivity contribution in [2.45, 2.75) is 45.2 Å². The van der Waals surface area contributed by atoms with Crippen LogP contribution in [0.5, 0.6) is 0 Å². The molecule has 1 aliphatic heterocycles.